The first-order valence-corrected chi connectivity index (χ1v) is 5.28. The standard InChI is InChI=1S/C11H7Cl2NO2/c1-2-3-14-9-7(10(15)11(14)16)4-6(12)5-8(9)13/h2,4-5H,1,3H2. The van der Waals surface area contributed by atoms with E-state index in [0.717, 1.165) is 0 Å². The van der Waals surface area contributed by atoms with E-state index in [2.05, 4.69) is 6.58 Å². The van der Waals surface area contributed by atoms with Crippen LogP contribution in [-0.4, -0.2) is 18.2 Å². The average Bonchev–Trinajstić information content (AvgIpc) is 2.44. The van der Waals surface area contributed by atoms with Gasteiger partial charge in [0.05, 0.1) is 16.3 Å². The van der Waals surface area contributed by atoms with Crippen molar-refractivity contribution in [1.82, 2.24) is 0 Å². The Morgan fingerprint density at radius 1 is 1.31 bits per heavy atom. The molecule has 0 radical (unpaired) electrons. The van der Waals surface area contributed by atoms with Crippen LogP contribution >= 0.6 is 23.2 Å². The van der Waals surface area contributed by atoms with Crippen LogP contribution in [0.1, 0.15) is 10.4 Å². The summed E-state index contributed by atoms with van der Waals surface area (Å²) in [5.41, 5.74) is 0.672. The molecule has 82 valence electrons. The van der Waals surface area contributed by atoms with E-state index in [-0.39, 0.29) is 12.1 Å². The van der Waals surface area contributed by atoms with E-state index < -0.39 is 11.7 Å². The van der Waals surface area contributed by atoms with Crippen LogP contribution in [-0.2, 0) is 4.79 Å². The lowest BCUT2D eigenvalue weighted by molar-refractivity contribution is -0.114. The van der Waals surface area contributed by atoms with Crippen molar-refractivity contribution in [2.75, 3.05) is 11.4 Å². The number of Topliss-reactive ketones (excluding diaryl/α,β-unsaturated/α-hetero) is 1. The highest BCUT2D eigenvalue weighted by Gasteiger charge is 2.37. The van der Waals surface area contributed by atoms with E-state index in [9.17, 15) is 9.59 Å². The predicted octanol–water partition coefficient (Wildman–Crippen LogP) is 2.71. The van der Waals surface area contributed by atoms with Crippen molar-refractivity contribution < 1.29 is 9.59 Å². The van der Waals surface area contributed by atoms with Gasteiger partial charge in [-0.1, -0.05) is 29.3 Å². The average molecular weight is 256 g/mol. The number of halogens is 2. The van der Waals surface area contributed by atoms with Gasteiger partial charge in [0, 0.05) is 11.6 Å². The molecule has 0 unspecified atom stereocenters. The zero-order chi connectivity index (χ0) is 11.9. The summed E-state index contributed by atoms with van der Waals surface area (Å²) in [6.45, 7) is 3.78. The second kappa shape index (κ2) is 3.92. The molecule has 0 aliphatic carbocycles. The molecule has 0 saturated carbocycles. The molecule has 0 aromatic heterocycles. The molecule has 0 bridgehead atoms. The molecule has 1 aromatic rings. The van der Waals surface area contributed by atoms with Crippen molar-refractivity contribution in [1.29, 1.82) is 0 Å². The molecule has 0 saturated heterocycles. The molecular weight excluding hydrogens is 249 g/mol. The maximum atomic E-state index is 11.6. The number of carbonyl (C=O) groups excluding carboxylic acids is 2. The fourth-order valence-electron chi connectivity index (χ4n) is 1.66. The summed E-state index contributed by atoms with van der Waals surface area (Å²) in [7, 11) is 0. The number of hydrogen-bond acceptors (Lipinski definition) is 2. The van der Waals surface area contributed by atoms with Gasteiger partial charge in [-0.15, -0.1) is 6.58 Å². The fraction of sp³-hybridized carbons (Fsp3) is 0.0909. The normalized spacial score (nSPS) is 14.2. The van der Waals surface area contributed by atoms with Gasteiger partial charge in [0.25, 0.3) is 11.7 Å². The van der Waals surface area contributed by atoms with Gasteiger partial charge in [0.15, 0.2) is 0 Å². The highest BCUT2D eigenvalue weighted by atomic mass is 35.5. The van der Waals surface area contributed by atoms with E-state index in [0.29, 0.717) is 15.7 Å². The zero-order valence-electron chi connectivity index (χ0n) is 8.17. The summed E-state index contributed by atoms with van der Waals surface area (Å²) in [5.74, 6) is -1.18. The van der Waals surface area contributed by atoms with Crippen LogP contribution in [0, 0.1) is 0 Å². The summed E-state index contributed by atoms with van der Waals surface area (Å²) in [6, 6.07) is 2.95. The van der Waals surface area contributed by atoms with E-state index in [1.165, 1.54) is 23.1 Å². The molecule has 0 spiro atoms. The summed E-state index contributed by atoms with van der Waals surface area (Å²) >= 11 is 11.8. The largest absolute Gasteiger partial charge is 0.299 e. The Morgan fingerprint density at radius 2 is 2.00 bits per heavy atom. The van der Waals surface area contributed by atoms with E-state index in [1.54, 1.807) is 0 Å². The lowest BCUT2D eigenvalue weighted by Gasteiger charge is -2.15. The predicted molar refractivity (Wildman–Crippen MR) is 63.3 cm³/mol. The number of amides is 1. The molecular formula is C11H7Cl2NO2. The molecule has 1 aliphatic rings. The van der Waals surface area contributed by atoms with Crippen LogP contribution in [0.15, 0.2) is 24.8 Å². The van der Waals surface area contributed by atoms with Crippen molar-refractivity contribution >= 4 is 40.6 Å². The molecule has 2 rings (SSSR count). The summed E-state index contributed by atoms with van der Waals surface area (Å²) < 4.78 is 0. The molecule has 5 heteroatoms. The molecule has 1 amide bonds. The van der Waals surface area contributed by atoms with E-state index >= 15 is 0 Å². The van der Waals surface area contributed by atoms with Gasteiger partial charge < -0.3 is 0 Å². The summed E-state index contributed by atoms with van der Waals surface area (Å²) in [5, 5.41) is 0.633. The van der Waals surface area contributed by atoms with Crippen LogP contribution in [0.5, 0.6) is 0 Å². The topological polar surface area (TPSA) is 37.4 Å². The Labute approximate surface area is 102 Å². The first kappa shape index (κ1) is 11.2. The van der Waals surface area contributed by atoms with Crippen LogP contribution in [0.25, 0.3) is 0 Å². The van der Waals surface area contributed by atoms with Gasteiger partial charge in [0.1, 0.15) is 0 Å². The molecule has 0 atom stereocenters. The van der Waals surface area contributed by atoms with Gasteiger partial charge in [-0.05, 0) is 12.1 Å². The highest BCUT2D eigenvalue weighted by molar-refractivity contribution is 6.54. The number of carbonyl (C=O) groups is 2. The molecule has 1 heterocycles. The number of fused-ring (bicyclic) bond motifs is 1. The third kappa shape index (κ3) is 1.52. The van der Waals surface area contributed by atoms with Gasteiger partial charge in [-0.3, -0.25) is 14.5 Å². The summed E-state index contributed by atoms with van der Waals surface area (Å²) in [4.78, 5) is 24.6. The Balaban J connectivity index is 2.65. The summed E-state index contributed by atoms with van der Waals surface area (Å²) in [6.07, 6.45) is 1.53. The second-order valence-electron chi connectivity index (χ2n) is 3.32. The SMILES string of the molecule is C=CCN1C(=O)C(=O)c2cc(Cl)cc(Cl)c21. The number of anilines is 1. The molecule has 16 heavy (non-hydrogen) atoms. The minimum absolute atomic E-state index is 0.249. The monoisotopic (exact) mass is 255 g/mol. The quantitative estimate of drug-likeness (QED) is 0.602. The Hall–Kier alpha value is -1.32. The van der Waals surface area contributed by atoms with Crippen LogP contribution in [0.3, 0.4) is 0 Å². The third-order valence-corrected chi connectivity index (χ3v) is 2.80. The van der Waals surface area contributed by atoms with Crippen LogP contribution in [0.2, 0.25) is 10.0 Å². The number of rotatable bonds is 2. The maximum Gasteiger partial charge on any atom is 0.299 e. The Morgan fingerprint density at radius 3 is 2.62 bits per heavy atom. The Bertz CT molecular complexity index is 511. The van der Waals surface area contributed by atoms with Gasteiger partial charge in [-0.25, -0.2) is 0 Å². The number of benzene rings is 1. The maximum absolute atomic E-state index is 11.6. The highest BCUT2D eigenvalue weighted by Crippen LogP contribution is 2.37. The number of nitrogens with zero attached hydrogens (tertiary/aromatic N) is 1. The van der Waals surface area contributed by atoms with E-state index in [1.807, 2.05) is 0 Å². The Kier molecular flexibility index (Phi) is 2.74. The van der Waals surface area contributed by atoms with Gasteiger partial charge in [-0.2, -0.15) is 0 Å². The first-order chi connectivity index (χ1) is 7.56. The van der Waals surface area contributed by atoms with Gasteiger partial charge in [0.2, 0.25) is 0 Å². The first-order valence-electron chi connectivity index (χ1n) is 4.52. The number of ketones is 1. The smallest absolute Gasteiger partial charge is 0.299 e. The van der Waals surface area contributed by atoms with Crippen LogP contribution in [0.4, 0.5) is 5.69 Å². The van der Waals surface area contributed by atoms with Crippen molar-refractivity contribution in [2.45, 2.75) is 0 Å². The molecule has 1 aromatic carbocycles. The van der Waals surface area contributed by atoms with Crippen molar-refractivity contribution in [3.8, 4) is 0 Å². The number of hydrogen-bond donors (Lipinski definition) is 0. The fourth-order valence-corrected chi connectivity index (χ4v) is 2.25. The zero-order valence-corrected chi connectivity index (χ0v) is 9.68. The lowest BCUT2D eigenvalue weighted by atomic mass is 10.1. The molecule has 0 N–H and O–H groups in total. The van der Waals surface area contributed by atoms with Crippen molar-refractivity contribution in [2.24, 2.45) is 0 Å². The van der Waals surface area contributed by atoms with E-state index in [4.69, 9.17) is 23.2 Å². The van der Waals surface area contributed by atoms with Crippen molar-refractivity contribution in [3.63, 3.8) is 0 Å². The molecule has 1 aliphatic heterocycles. The van der Waals surface area contributed by atoms with Crippen LogP contribution < -0.4 is 4.90 Å². The third-order valence-electron chi connectivity index (χ3n) is 2.29. The molecule has 0 fully saturated rings. The lowest BCUT2D eigenvalue weighted by Crippen LogP contribution is -2.29. The van der Waals surface area contributed by atoms with Crippen molar-refractivity contribution in [3.05, 3.63) is 40.4 Å². The second-order valence-corrected chi connectivity index (χ2v) is 4.16. The molecule has 3 nitrogen and oxygen atoms in total. The minimum Gasteiger partial charge on any atom is -0.299 e. The minimum atomic E-state index is -0.598. The van der Waals surface area contributed by atoms with Gasteiger partial charge >= 0.3 is 0 Å².